The minimum absolute atomic E-state index is 0.0182. The highest BCUT2D eigenvalue weighted by molar-refractivity contribution is 6.14. The van der Waals surface area contributed by atoms with Crippen molar-refractivity contribution < 1.29 is 28.7 Å². The highest BCUT2D eigenvalue weighted by atomic mass is 16.5. The van der Waals surface area contributed by atoms with E-state index in [4.69, 9.17) is 9.47 Å². The number of ether oxygens (including phenoxy) is 2. The molecule has 1 aromatic rings. The molecule has 0 bridgehead atoms. The number of amides is 3. The molecule has 1 aromatic carbocycles. The zero-order chi connectivity index (χ0) is 29.3. The van der Waals surface area contributed by atoms with Gasteiger partial charge in [-0.3, -0.25) is 24.2 Å². The number of benzene rings is 1. The number of nitrogens with zero attached hydrogens (tertiary/aromatic N) is 2. The van der Waals surface area contributed by atoms with Gasteiger partial charge in [0, 0.05) is 13.1 Å². The SMILES string of the molecule is CCCCC(CC)COC(=O)CCN1C(=O)C(=Cc2ccccc2)N(CCC(=O)OCC(CC)CCCC)C1=O. The van der Waals surface area contributed by atoms with E-state index in [9.17, 15) is 19.2 Å². The van der Waals surface area contributed by atoms with Gasteiger partial charge in [0.2, 0.25) is 0 Å². The van der Waals surface area contributed by atoms with Crippen LogP contribution in [-0.4, -0.2) is 60.0 Å². The molecule has 1 fully saturated rings. The molecule has 1 saturated heterocycles. The Morgan fingerprint density at radius 2 is 1.27 bits per heavy atom. The van der Waals surface area contributed by atoms with Crippen molar-refractivity contribution in [3.63, 3.8) is 0 Å². The Morgan fingerprint density at radius 1 is 0.775 bits per heavy atom. The Hall–Kier alpha value is -3.16. The van der Waals surface area contributed by atoms with E-state index in [-0.39, 0.29) is 31.6 Å². The number of hydrogen-bond donors (Lipinski definition) is 0. The number of carbonyl (C=O) groups excluding carboxylic acids is 4. The van der Waals surface area contributed by atoms with Gasteiger partial charge in [-0.05, 0) is 36.3 Å². The fraction of sp³-hybridized carbons (Fsp3) is 0.625. The van der Waals surface area contributed by atoms with Crippen LogP contribution in [0.1, 0.15) is 97.5 Å². The van der Waals surface area contributed by atoms with E-state index in [1.807, 2.05) is 30.3 Å². The van der Waals surface area contributed by atoms with E-state index in [0.717, 1.165) is 61.8 Å². The monoisotopic (exact) mass is 556 g/mol. The fourth-order valence-corrected chi connectivity index (χ4v) is 4.62. The fourth-order valence-electron chi connectivity index (χ4n) is 4.62. The second-order valence-corrected chi connectivity index (χ2v) is 10.5. The quantitative estimate of drug-likeness (QED) is 0.108. The number of carbonyl (C=O) groups is 4. The molecule has 0 radical (unpaired) electrons. The third-order valence-electron chi connectivity index (χ3n) is 7.45. The third-order valence-corrected chi connectivity index (χ3v) is 7.45. The van der Waals surface area contributed by atoms with E-state index in [2.05, 4.69) is 27.7 Å². The van der Waals surface area contributed by atoms with Crippen LogP contribution < -0.4 is 0 Å². The summed E-state index contributed by atoms with van der Waals surface area (Å²) in [5, 5.41) is 0. The molecule has 2 rings (SSSR count). The first kappa shape index (κ1) is 33.0. The number of hydrogen-bond acceptors (Lipinski definition) is 6. The molecule has 0 aromatic heterocycles. The Kier molecular flexibility index (Phi) is 15.1. The molecular formula is C32H48N2O6. The Balaban J connectivity index is 2.02. The number of esters is 2. The topological polar surface area (TPSA) is 93.2 Å². The standard InChI is InChI=1S/C32H48N2O6/c1-5-9-14-25(7-3)23-39-29(35)18-20-33-28(22-27-16-12-11-13-17-27)31(37)34(32(33)38)21-19-30(36)40-24-26(8-4)15-10-6-2/h11-13,16-17,22,25-26H,5-10,14-15,18-21,23-24H2,1-4H3. The summed E-state index contributed by atoms with van der Waals surface area (Å²) in [5.41, 5.74) is 0.934. The van der Waals surface area contributed by atoms with Crippen LogP contribution >= 0.6 is 0 Å². The first-order valence-corrected chi connectivity index (χ1v) is 15.1. The van der Waals surface area contributed by atoms with Crippen molar-refractivity contribution in [3.8, 4) is 0 Å². The average Bonchev–Trinajstić information content (AvgIpc) is 3.18. The van der Waals surface area contributed by atoms with Gasteiger partial charge in [0.1, 0.15) is 5.70 Å². The Labute approximate surface area is 240 Å². The lowest BCUT2D eigenvalue weighted by Crippen LogP contribution is -2.35. The molecule has 0 aliphatic carbocycles. The maximum absolute atomic E-state index is 13.3. The van der Waals surface area contributed by atoms with Gasteiger partial charge >= 0.3 is 18.0 Å². The van der Waals surface area contributed by atoms with Crippen molar-refractivity contribution in [2.75, 3.05) is 26.3 Å². The van der Waals surface area contributed by atoms with Gasteiger partial charge < -0.3 is 9.47 Å². The lowest BCUT2D eigenvalue weighted by Gasteiger charge is -2.18. The van der Waals surface area contributed by atoms with Gasteiger partial charge in [0.25, 0.3) is 5.91 Å². The molecule has 8 heteroatoms. The summed E-state index contributed by atoms with van der Waals surface area (Å²) < 4.78 is 10.9. The van der Waals surface area contributed by atoms with Gasteiger partial charge in [0.05, 0.1) is 26.1 Å². The van der Waals surface area contributed by atoms with E-state index < -0.39 is 23.9 Å². The van der Waals surface area contributed by atoms with Gasteiger partial charge in [-0.1, -0.05) is 96.6 Å². The maximum Gasteiger partial charge on any atom is 0.331 e. The molecule has 3 amide bonds. The lowest BCUT2D eigenvalue weighted by atomic mass is 10.0. The summed E-state index contributed by atoms with van der Waals surface area (Å²) in [7, 11) is 0. The van der Waals surface area contributed by atoms with Crippen molar-refractivity contribution in [3.05, 3.63) is 41.6 Å². The number of urea groups is 1. The predicted molar refractivity (Wildman–Crippen MR) is 156 cm³/mol. The zero-order valence-electron chi connectivity index (χ0n) is 24.9. The first-order chi connectivity index (χ1) is 19.3. The van der Waals surface area contributed by atoms with Crippen LogP contribution in [0.2, 0.25) is 0 Å². The molecule has 0 saturated carbocycles. The van der Waals surface area contributed by atoms with Gasteiger partial charge in [-0.15, -0.1) is 0 Å². The summed E-state index contributed by atoms with van der Waals surface area (Å²) in [6.07, 6.45) is 9.79. The third kappa shape index (κ3) is 10.8. The molecular weight excluding hydrogens is 508 g/mol. The molecule has 8 nitrogen and oxygen atoms in total. The van der Waals surface area contributed by atoms with E-state index in [0.29, 0.717) is 25.0 Å². The largest absolute Gasteiger partial charge is 0.465 e. The number of rotatable bonds is 19. The van der Waals surface area contributed by atoms with Crippen LogP contribution in [-0.2, 0) is 23.9 Å². The highest BCUT2D eigenvalue weighted by Gasteiger charge is 2.41. The molecule has 2 unspecified atom stereocenters. The van der Waals surface area contributed by atoms with Crippen LogP contribution in [0.5, 0.6) is 0 Å². The van der Waals surface area contributed by atoms with Crippen molar-refractivity contribution in [2.45, 2.75) is 91.9 Å². The molecule has 1 heterocycles. The summed E-state index contributed by atoms with van der Waals surface area (Å²) in [6.45, 7) is 9.08. The van der Waals surface area contributed by atoms with Crippen molar-refractivity contribution in [1.82, 2.24) is 9.80 Å². The number of unbranched alkanes of at least 4 members (excludes halogenated alkanes) is 2. The maximum atomic E-state index is 13.3. The predicted octanol–water partition coefficient (Wildman–Crippen LogP) is 6.59. The summed E-state index contributed by atoms with van der Waals surface area (Å²) >= 11 is 0. The number of imide groups is 1. The summed E-state index contributed by atoms with van der Waals surface area (Å²) in [5.74, 6) is -0.685. The lowest BCUT2D eigenvalue weighted by molar-refractivity contribution is -0.146. The van der Waals surface area contributed by atoms with E-state index in [1.165, 1.54) is 4.90 Å². The van der Waals surface area contributed by atoms with E-state index in [1.54, 1.807) is 6.08 Å². The van der Waals surface area contributed by atoms with Gasteiger partial charge in [0.15, 0.2) is 0 Å². The minimum Gasteiger partial charge on any atom is -0.465 e. The van der Waals surface area contributed by atoms with Crippen LogP contribution in [0.25, 0.3) is 6.08 Å². The normalized spacial score (nSPS) is 15.9. The summed E-state index contributed by atoms with van der Waals surface area (Å²) in [6, 6.07) is 8.68. The molecule has 40 heavy (non-hydrogen) atoms. The molecule has 1 aliphatic rings. The van der Waals surface area contributed by atoms with Crippen molar-refractivity contribution >= 4 is 30.0 Å². The van der Waals surface area contributed by atoms with Crippen LogP contribution in [0.4, 0.5) is 4.79 Å². The van der Waals surface area contributed by atoms with Crippen molar-refractivity contribution in [2.24, 2.45) is 11.8 Å². The second-order valence-electron chi connectivity index (χ2n) is 10.5. The Morgan fingerprint density at radius 3 is 1.75 bits per heavy atom. The van der Waals surface area contributed by atoms with Crippen LogP contribution in [0.3, 0.4) is 0 Å². The molecule has 222 valence electrons. The molecule has 0 spiro atoms. The van der Waals surface area contributed by atoms with Crippen molar-refractivity contribution in [1.29, 1.82) is 0 Å². The highest BCUT2D eigenvalue weighted by Crippen LogP contribution is 2.25. The average molecular weight is 557 g/mol. The summed E-state index contributed by atoms with van der Waals surface area (Å²) in [4.78, 5) is 53.9. The smallest absolute Gasteiger partial charge is 0.331 e. The molecule has 0 N–H and O–H groups in total. The van der Waals surface area contributed by atoms with Crippen LogP contribution in [0, 0.1) is 11.8 Å². The Bertz CT molecular complexity index is 977. The zero-order valence-corrected chi connectivity index (χ0v) is 24.9. The molecule has 1 aliphatic heterocycles. The van der Waals surface area contributed by atoms with Gasteiger partial charge in [-0.25, -0.2) is 4.79 Å². The molecule has 2 atom stereocenters. The minimum atomic E-state index is -0.545. The van der Waals surface area contributed by atoms with Gasteiger partial charge in [-0.2, -0.15) is 0 Å². The second kappa shape index (κ2) is 18.2. The van der Waals surface area contributed by atoms with E-state index >= 15 is 0 Å². The first-order valence-electron chi connectivity index (χ1n) is 15.1. The van der Waals surface area contributed by atoms with Crippen LogP contribution in [0.15, 0.2) is 36.0 Å².